The highest BCUT2D eigenvalue weighted by Gasteiger charge is 2.13. The number of nitrogens with zero attached hydrogens (tertiary/aromatic N) is 2. The van der Waals surface area contributed by atoms with E-state index in [-0.39, 0.29) is 6.04 Å². The summed E-state index contributed by atoms with van der Waals surface area (Å²) >= 11 is 0. The summed E-state index contributed by atoms with van der Waals surface area (Å²) in [5.41, 5.74) is 3.70. The van der Waals surface area contributed by atoms with Gasteiger partial charge in [0, 0.05) is 12.4 Å². The van der Waals surface area contributed by atoms with Crippen LogP contribution in [0.25, 0.3) is 0 Å². The van der Waals surface area contributed by atoms with Crippen LogP contribution in [0.5, 0.6) is 0 Å². The van der Waals surface area contributed by atoms with E-state index in [1.807, 2.05) is 19.3 Å². The fourth-order valence-electron chi connectivity index (χ4n) is 2.16. The molecule has 1 heterocycles. The van der Waals surface area contributed by atoms with E-state index in [9.17, 15) is 0 Å². The third-order valence-corrected chi connectivity index (χ3v) is 3.09. The molecule has 2 rings (SSSR count). The summed E-state index contributed by atoms with van der Waals surface area (Å²) in [6, 6.07) is 8.77. The van der Waals surface area contributed by atoms with Crippen LogP contribution in [0.2, 0.25) is 0 Å². The zero-order valence-corrected chi connectivity index (χ0v) is 11.9. The van der Waals surface area contributed by atoms with Crippen molar-refractivity contribution < 1.29 is 0 Å². The second-order valence-electron chi connectivity index (χ2n) is 4.92. The van der Waals surface area contributed by atoms with Gasteiger partial charge < -0.3 is 5.32 Å². The number of hydrogen-bond acceptors (Lipinski definition) is 3. The molecule has 0 saturated heterocycles. The first-order chi connectivity index (χ1) is 9.19. The molecule has 1 N–H and O–H groups in total. The molecule has 0 amide bonds. The maximum absolute atomic E-state index is 4.44. The molecule has 1 aromatic heterocycles. The SMILES string of the molecule is CCNC(Cc1cccc(C)c1)c1ncc(C)cn1. The lowest BCUT2D eigenvalue weighted by Crippen LogP contribution is -2.25. The van der Waals surface area contributed by atoms with Crippen molar-refractivity contribution in [1.29, 1.82) is 0 Å². The molecule has 19 heavy (non-hydrogen) atoms. The van der Waals surface area contributed by atoms with Crippen molar-refractivity contribution >= 4 is 0 Å². The lowest BCUT2D eigenvalue weighted by atomic mass is 10.0. The Morgan fingerprint density at radius 3 is 2.47 bits per heavy atom. The molecule has 1 unspecified atom stereocenters. The van der Waals surface area contributed by atoms with E-state index in [1.54, 1.807) is 0 Å². The van der Waals surface area contributed by atoms with Crippen molar-refractivity contribution in [3.63, 3.8) is 0 Å². The van der Waals surface area contributed by atoms with Crippen LogP contribution in [0.4, 0.5) is 0 Å². The van der Waals surface area contributed by atoms with Crippen molar-refractivity contribution in [2.24, 2.45) is 0 Å². The average Bonchev–Trinajstić information content (AvgIpc) is 2.39. The number of aromatic nitrogens is 2. The lowest BCUT2D eigenvalue weighted by Gasteiger charge is -2.16. The van der Waals surface area contributed by atoms with E-state index in [4.69, 9.17) is 0 Å². The quantitative estimate of drug-likeness (QED) is 0.892. The van der Waals surface area contributed by atoms with Crippen molar-refractivity contribution in [1.82, 2.24) is 15.3 Å². The van der Waals surface area contributed by atoms with Gasteiger partial charge >= 0.3 is 0 Å². The Balaban J connectivity index is 2.18. The van der Waals surface area contributed by atoms with Crippen LogP contribution in [-0.2, 0) is 6.42 Å². The Morgan fingerprint density at radius 1 is 1.11 bits per heavy atom. The number of rotatable bonds is 5. The molecule has 0 aliphatic rings. The predicted molar refractivity (Wildman–Crippen MR) is 78.1 cm³/mol. The molecule has 0 fully saturated rings. The molecule has 3 heteroatoms. The van der Waals surface area contributed by atoms with Gasteiger partial charge in [0.1, 0.15) is 5.82 Å². The summed E-state index contributed by atoms with van der Waals surface area (Å²) in [5.74, 6) is 0.869. The third-order valence-electron chi connectivity index (χ3n) is 3.09. The summed E-state index contributed by atoms with van der Waals surface area (Å²) in [6.07, 6.45) is 4.67. The highest BCUT2D eigenvalue weighted by Crippen LogP contribution is 2.16. The molecule has 100 valence electrons. The highest BCUT2D eigenvalue weighted by molar-refractivity contribution is 5.23. The van der Waals surface area contributed by atoms with Crippen LogP contribution in [0.3, 0.4) is 0 Å². The van der Waals surface area contributed by atoms with Gasteiger partial charge in [-0.1, -0.05) is 36.8 Å². The van der Waals surface area contributed by atoms with Gasteiger partial charge in [-0.2, -0.15) is 0 Å². The Bertz CT molecular complexity index is 520. The van der Waals surface area contributed by atoms with Crippen LogP contribution in [0.1, 0.15) is 35.5 Å². The van der Waals surface area contributed by atoms with Crippen LogP contribution in [0.15, 0.2) is 36.7 Å². The summed E-state index contributed by atoms with van der Waals surface area (Å²) in [7, 11) is 0. The smallest absolute Gasteiger partial charge is 0.145 e. The standard InChI is InChI=1S/C16H21N3/c1-4-17-15(16-18-10-13(3)11-19-16)9-14-7-5-6-12(2)8-14/h5-8,10-11,15,17H,4,9H2,1-3H3. The second kappa shape index (κ2) is 6.43. The van der Waals surface area contributed by atoms with Crippen molar-refractivity contribution in [3.8, 4) is 0 Å². The number of aryl methyl sites for hydroxylation is 2. The molecule has 0 saturated carbocycles. The molecule has 0 aliphatic carbocycles. The van der Waals surface area contributed by atoms with E-state index >= 15 is 0 Å². The van der Waals surface area contributed by atoms with Crippen LogP contribution >= 0.6 is 0 Å². The van der Waals surface area contributed by atoms with E-state index in [0.29, 0.717) is 0 Å². The van der Waals surface area contributed by atoms with E-state index < -0.39 is 0 Å². The summed E-state index contributed by atoms with van der Waals surface area (Å²) in [5, 5.41) is 3.46. The largest absolute Gasteiger partial charge is 0.307 e. The van der Waals surface area contributed by atoms with Crippen LogP contribution in [0, 0.1) is 13.8 Å². The van der Waals surface area contributed by atoms with E-state index in [0.717, 1.165) is 24.4 Å². The van der Waals surface area contributed by atoms with Crippen molar-refractivity contribution in [2.75, 3.05) is 6.54 Å². The van der Waals surface area contributed by atoms with Crippen molar-refractivity contribution in [3.05, 3.63) is 59.2 Å². The Kier molecular flexibility index (Phi) is 4.63. The average molecular weight is 255 g/mol. The van der Waals surface area contributed by atoms with Crippen LogP contribution in [-0.4, -0.2) is 16.5 Å². The fraction of sp³-hybridized carbons (Fsp3) is 0.375. The maximum Gasteiger partial charge on any atom is 0.145 e. The normalized spacial score (nSPS) is 12.4. The topological polar surface area (TPSA) is 37.8 Å². The molecule has 0 spiro atoms. The lowest BCUT2D eigenvalue weighted by molar-refractivity contribution is 0.521. The zero-order valence-electron chi connectivity index (χ0n) is 11.9. The van der Waals surface area contributed by atoms with E-state index in [1.165, 1.54) is 11.1 Å². The zero-order chi connectivity index (χ0) is 13.7. The minimum atomic E-state index is 0.174. The Hall–Kier alpha value is -1.74. The second-order valence-corrected chi connectivity index (χ2v) is 4.92. The fourth-order valence-corrected chi connectivity index (χ4v) is 2.16. The monoisotopic (exact) mass is 255 g/mol. The van der Waals surface area contributed by atoms with Crippen LogP contribution < -0.4 is 5.32 Å². The Labute approximate surface area is 115 Å². The number of likely N-dealkylation sites (N-methyl/N-ethyl adjacent to an activating group) is 1. The molecule has 2 aromatic rings. The molecule has 0 radical (unpaired) electrons. The first-order valence-electron chi connectivity index (χ1n) is 6.76. The number of nitrogens with one attached hydrogen (secondary N) is 1. The first-order valence-corrected chi connectivity index (χ1v) is 6.76. The summed E-state index contributed by atoms with van der Waals surface area (Å²) in [6.45, 7) is 7.14. The third kappa shape index (κ3) is 3.86. The maximum atomic E-state index is 4.44. The van der Waals surface area contributed by atoms with Gasteiger partial charge in [-0.3, -0.25) is 0 Å². The highest BCUT2D eigenvalue weighted by atomic mass is 15.0. The van der Waals surface area contributed by atoms with Gasteiger partial charge in [0.15, 0.2) is 0 Å². The molecule has 1 aromatic carbocycles. The van der Waals surface area contributed by atoms with E-state index in [2.05, 4.69) is 53.4 Å². The predicted octanol–water partition coefficient (Wildman–Crippen LogP) is 2.99. The molecule has 1 atom stereocenters. The van der Waals surface area contributed by atoms with Gasteiger partial charge in [0.25, 0.3) is 0 Å². The van der Waals surface area contributed by atoms with Gasteiger partial charge in [-0.05, 0) is 37.9 Å². The summed E-state index contributed by atoms with van der Waals surface area (Å²) in [4.78, 5) is 8.88. The minimum absolute atomic E-state index is 0.174. The van der Waals surface area contributed by atoms with Gasteiger partial charge in [-0.15, -0.1) is 0 Å². The number of hydrogen-bond donors (Lipinski definition) is 1. The Morgan fingerprint density at radius 2 is 1.84 bits per heavy atom. The molecule has 3 nitrogen and oxygen atoms in total. The van der Waals surface area contributed by atoms with Gasteiger partial charge in [0.05, 0.1) is 6.04 Å². The minimum Gasteiger partial charge on any atom is -0.307 e. The molecule has 0 aliphatic heterocycles. The molecule has 0 bridgehead atoms. The van der Waals surface area contributed by atoms with Crippen molar-refractivity contribution in [2.45, 2.75) is 33.2 Å². The molecular formula is C16H21N3. The first kappa shape index (κ1) is 13.7. The molecular weight excluding hydrogens is 234 g/mol. The number of benzene rings is 1. The summed E-state index contributed by atoms with van der Waals surface area (Å²) < 4.78 is 0. The van der Waals surface area contributed by atoms with Gasteiger partial charge in [0.2, 0.25) is 0 Å². The van der Waals surface area contributed by atoms with Gasteiger partial charge in [-0.25, -0.2) is 9.97 Å².